The number of esters is 2. The van der Waals surface area contributed by atoms with Gasteiger partial charge in [-0.25, -0.2) is 9.59 Å². The lowest BCUT2D eigenvalue weighted by Gasteiger charge is -2.32. The molecule has 5 heteroatoms. The van der Waals surface area contributed by atoms with Crippen LogP contribution in [0.1, 0.15) is 20.3 Å². The summed E-state index contributed by atoms with van der Waals surface area (Å²) in [6.07, 6.45) is 1.30. The molecule has 9 atom stereocenters. The first-order valence-electron chi connectivity index (χ1n) is 8.25. The normalized spacial score (nSPS) is 58.2. The highest BCUT2D eigenvalue weighted by atomic mass is 79.9. The molecular formula is C17H17BrO4. The highest BCUT2D eigenvalue weighted by Gasteiger charge is 2.82. The van der Waals surface area contributed by atoms with Crippen LogP contribution in [0, 0.1) is 47.3 Å². The van der Waals surface area contributed by atoms with Gasteiger partial charge >= 0.3 is 11.9 Å². The zero-order chi connectivity index (χ0) is 15.1. The molecule has 0 radical (unpaired) electrons. The third kappa shape index (κ3) is 1.06. The maximum atomic E-state index is 12.5. The molecule has 1 aliphatic heterocycles. The van der Waals surface area contributed by atoms with E-state index in [2.05, 4.69) is 15.9 Å². The molecule has 6 aliphatic carbocycles. The van der Waals surface area contributed by atoms with Gasteiger partial charge in [0, 0.05) is 18.7 Å². The first-order valence-corrected chi connectivity index (χ1v) is 9.17. The molecule has 0 N–H and O–H groups in total. The van der Waals surface area contributed by atoms with Crippen molar-refractivity contribution in [1.82, 2.24) is 0 Å². The second-order valence-corrected chi connectivity index (χ2v) is 9.44. The number of allylic oxidation sites excluding steroid dienone is 1. The number of rotatable bonds is 0. The number of carbonyl (C=O) groups excluding carboxylic acids is 2. The summed E-state index contributed by atoms with van der Waals surface area (Å²) < 4.78 is 10.7. The largest absolute Gasteiger partial charge is 0.419 e. The summed E-state index contributed by atoms with van der Waals surface area (Å²) in [5.74, 6) is 3.08. The Labute approximate surface area is 136 Å². The van der Waals surface area contributed by atoms with Crippen LogP contribution in [0.15, 0.2) is 11.1 Å². The van der Waals surface area contributed by atoms with Crippen molar-refractivity contribution < 1.29 is 19.1 Å². The monoisotopic (exact) mass is 364 g/mol. The van der Waals surface area contributed by atoms with Crippen LogP contribution in [0.4, 0.5) is 0 Å². The van der Waals surface area contributed by atoms with Crippen LogP contribution in [0.25, 0.3) is 0 Å². The topological polar surface area (TPSA) is 52.6 Å². The van der Waals surface area contributed by atoms with E-state index in [1.807, 2.05) is 0 Å². The van der Waals surface area contributed by atoms with Crippen molar-refractivity contribution in [3.63, 3.8) is 0 Å². The van der Waals surface area contributed by atoms with Gasteiger partial charge in [-0.2, -0.15) is 0 Å². The smallest absolute Gasteiger partial charge is 0.348 e. The lowest BCUT2D eigenvalue weighted by atomic mass is 9.71. The van der Waals surface area contributed by atoms with Crippen LogP contribution >= 0.6 is 15.9 Å². The number of cyclic esters (lactones) is 2. The first-order chi connectivity index (χ1) is 10.4. The number of halogens is 1. The molecule has 0 aromatic rings. The third-order valence-electron chi connectivity index (χ3n) is 7.45. The van der Waals surface area contributed by atoms with E-state index >= 15 is 0 Å². The zero-order valence-corrected chi connectivity index (χ0v) is 14.0. The summed E-state index contributed by atoms with van der Waals surface area (Å²) in [6.45, 7) is 3.22. The predicted molar refractivity (Wildman–Crippen MR) is 78.5 cm³/mol. The Kier molecular flexibility index (Phi) is 1.90. The van der Waals surface area contributed by atoms with Gasteiger partial charge in [0.05, 0.1) is 0 Å². The lowest BCUT2D eigenvalue weighted by molar-refractivity contribution is -0.222. The van der Waals surface area contributed by atoms with E-state index in [0.29, 0.717) is 40.3 Å². The first kappa shape index (κ1) is 12.6. The van der Waals surface area contributed by atoms with Crippen LogP contribution in [0.3, 0.4) is 0 Å². The molecule has 7 aliphatic rings. The Morgan fingerprint density at radius 1 is 0.955 bits per heavy atom. The van der Waals surface area contributed by atoms with Gasteiger partial charge in [-0.15, -0.1) is 0 Å². The second kappa shape index (κ2) is 3.33. The molecule has 0 aromatic carbocycles. The third-order valence-corrected chi connectivity index (χ3v) is 8.67. The number of ether oxygens (including phenoxy) is 2. The molecule has 0 unspecified atom stereocenters. The summed E-state index contributed by atoms with van der Waals surface area (Å²) in [7, 11) is 0. The van der Waals surface area contributed by atoms with Gasteiger partial charge in [0.1, 0.15) is 5.57 Å². The number of alkyl halides is 1. The van der Waals surface area contributed by atoms with Gasteiger partial charge in [-0.05, 0) is 59.3 Å². The van der Waals surface area contributed by atoms with Gasteiger partial charge < -0.3 is 9.47 Å². The molecule has 0 amide bonds. The highest BCUT2D eigenvalue weighted by Crippen LogP contribution is 2.85. The van der Waals surface area contributed by atoms with Gasteiger partial charge in [0.25, 0.3) is 5.79 Å². The Morgan fingerprint density at radius 3 is 2.23 bits per heavy atom. The van der Waals surface area contributed by atoms with E-state index in [9.17, 15) is 9.59 Å². The molecule has 4 nitrogen and oxygen atoms in total. The molecular weight excluding hydrogens is 348 g/mol. The minimum absolute atomic E-state index is 0.247. The van der Waals surface area contributed by atoms with Gasteiger partial charge in [0.2, 0.25) is 0 Å². The van der Waals surface area contributed by atoms with E-state index in [1.54, 1.807) is 13.8 Å². The van der Waals surface area contributed by atoms with Gasteiger partial charge in [-0.1, -0.05) is 15.9 Å². The van der Waals surface area contributed by atoms with E-state index in [4.69, 9.17) is 9.47 Å². The molecule has 22 heavy (non-hydrogen) atoms. The van der Waals surface area contributed by atoms with Crippen LogP contribution < -0.4 is 0 Å². The fourth-order valence-electron chi connectivity index (χ4n) is 7.49. The maximum Gasteiger partial charge on any atom is 0.348 e. The van der Waals surface area contributed by atoms with Crippen molar-refractivity contribution in [3.8, 4) is 0 Å². The lowest BCUT2D eigenvalue weighted by Crippen LogP contribution is -2.42. The zero-order valence-electron chi connectivity index (χ0n) is 12.4. The number of carbonyl (C=O) groups is 2. The highest BCUT2D eigenvalue weighted by molar-refractivity contribution is 9.09. The van der Waals surface area contributed by atoms with Gasteiger partial charge in [0.15, 0.2) is 0 Å². The minimum atomic E-state index is -1.14. The van der Waals surface area contributed by atoms with Crippen molar-refractivity contribution >= 4 is 27.9 Å². The molecule has 7 rings (SSSR count). The molecule has 0 aromatic heterocycles. The maximum absolute atomic E-state index is 12.5. The van der Waals surface area contributed by atoms with E-state index < -0.39 is 17.7 Å². The molecule has 6 saturated carbocycles. The minimum Gasteiger partial charge on any atom is -0.419 e. The molecule has 0 spiro atoms. The summed E-state index contributed by atoms with van der Waals surface area (Å²) in [6, 6.07) is 0. The Bertz CT molecular complexity index is 671. The SMILES string of the molecule is CC1(C)OC(=O)C(=C2[C@H]3[C@@H]4C[C@@H]5[C@H]3[C@H]3[C@H](Br)[C@@H]5[C@@H]4[C@@H]23)C(=O)O1. The Morgan fingerprint density at radius 2 is 1.59 bits per heavy atom. The van der Waals surface area contributed by atoms with Crippen LogP contribution in [-0.2, 0) is 19.1 Å². The van der Waals surface area contributed by atoms with Crippen molar-refractivity contribution in [2.75, 3.05) is 0 Å². The molecule has 1 heterocycles. The summed E-state index contributed by atoms with van der Waals surface area (Å²) in [4.78, 5) is 25.6. The summed E-state index contributed by atoms with van der Waals surface area (Å²) in [5, 5.41) is 0. The second-order valence-electron chi connectivity index (χ2n) is 8.38. The van der Waals surface area contributed by atoms with Crippen molar-refractivity contribution in [3.05, 3.63) is 11.1 Å². The van der Waals surface area contributed by atoms with Crippen molar-refractivity contribution in [1.29, 1.82) is 0 Å². The van der Waals surface area contributed by atoms with E-state index in [1.165, 1.54) is 6.42 Å². The number of hydrogen-bond donors (Lipinski definition) is 0. The average molecular weight is 365 g/mol. The van der Waals surface area contributed by atoms with Crippen molar-refractivity contribution in [2.45, 2.75) is 30.9 Å². The Hall–Kier alpha value is -0.840. The van der Waals surface area contributed by atoms with Gasteiger partial charge in [-0.3, -0.25) is 0 Å². The molecule has 116 valence electrons. The summed E-state index contributed by atoms with van der Waals surface area (Å²) >= 11 is 3.93. The average Bonchev–Trinajstić information content (AvgIpc) is 3.10. The van der Waals surface area contributed by atoms with E-state index in [0.717, 1.165) is 17.4 Å². The predicted octanol–water partition coefficient (Wildman–Crippen LogP) is 2.27. The fraction of sp³-hybridized carbons (Fsp3) is 0.765. The molecule has 7 fully saturated rings. The Balaban J connectivity index is 1.54. The summed E-state index contributed by atoms with van der Waals surface area (Å²) in [5.41, 5.74) is 1.36. The van der Waals surface area contributed by atoms with Crippen LogP contribution in [-0.4, -0.2) is 22.6 Å². The van der Waals surface area contributed by atoms with Crippen LogP contribution in [0.5, 0.6) is 0 Å². The van der Waals surface area contributed by atoms with Crippen LogP contribution in [0.2, 0.25) is 0 Å². The quantitative estimate of drug-likeness (QED) is 0.286. The molecule has 6 bridgehead atoms. The fourth-order valence-corrected chi connectivity index (χ4v) is 8.92. The molecule has 1 saturated heterocycles. The number of hydrogen-bond acceptors (Lipinski definition) is 4. The standard InChI is InChI=1S/C17H17BrO4/c1-17(2)21-15(19)13(16(20)22-17)11-6-4-3-5-7(6)12-10(11)8(4)9(5)14(12)18/h4-10,12,14H,3H2,1-2H3/t4-,5+,6-,7+,8+,9-,10-,12+,14+/m0/s1. The van der Waals surface area contributed by atoms with Crippen molar-refractivity contribution in [2.24, 2.45) is 47.3 Å². The van der Waals surface area contributed by atoms with E-state index in [-0.39, 0.29) is 5.57 Å².